The summed E-state index contributed by atoms with van der Waals surface area (Å²) in [5, 5.41) is 22.0. The normalized spacial score (nSPS) is 30.0. The summed E-state index contributed by atoms with van der Waals surface area (Å²) in [5.41, 5.74) is 1.75. The maximum atomic E-state index is 13.8. The Bertz CT molecular complexity index is 1330. The number of methoxy groups -OCH3 is 3. The van der Waals surface area contributed by atoms with Crippen molar-refractivity contribution in [1.29, 1.82) is 0 Å². The second kappa shape index (κ2) is 22.7. The SMILES string of the molecule is C=CC[C@H](/C=C(\C)C[C@@H](C)C[C@H](OC)[C@H]1OC(=O)[C@H](C)C[C@@H]1OC)C(=O)C[C@H](O)[C@@H](C)[C@H](OC(=O)[C@@H]1CCCCN1C=O)/C(C)=C/[C@@H]1CC[C@@H](O)[C@H](OC)C1. The lowest BCUT2D eigenvalue weighted by molar-refractivity contribution is -0.189. The van der Waals surface area contributed by atoms with Gasteiger partial charge in [0.2, 0.25) is 6.41 Å². The summed E-state index contributed by atoms with van der Waals surface area (Å²) in [4.78, 5) is 53.1. The number of amides is 1. The zero-order valence-electron chi connectivity index (χ0n) is 34.5. The predicted molar refractivity (Wildman–Crippen MR) is 209 cm³/mol. The summed E-state index contributed by atoms with van der Waals surface area (Å²) in [6.07, 6.45) is 8.59. The third kappa shape index (κ3) is 13.3. The zero-order valence-corrected chi connectivity index (χ0v) is 34.5. The number of allylic oxidation sites excluding steroid dienone is 4. The number of carbonyl (C=O) groups excluding carboxylic acids is 4. The molecule has 2 N–H and O–H groups in total. The molecule has 0 unspecified atom stereocenters. The van der Waals surface area contributed by atoms with Crippen molar-refractivity contribution < 1.29 is 53.1 Å². The first-order chi connectivity index (χ1) is 26.2. The molecule has 0 aromatic heterocycles. The number of rotatable bonds is 21. The lowest BCUT2D eigenvalue weighted by atomic mass is 9.81. The highest BCUT2D eigenvalue weighted by Crippen LogP contribution is 2.33. The summed E-state index contributed by atoms with van der Waals surface area (Å²) in [5.74, 6) is -2.11. The molecule has 2 aliphatic heterocycles. The largest absolute Gasteiger partial charge is 0.457 e. The van der Waals surface area contributed by atoms with Crippen LogP contribution in [0.5, 0.6) is 0 Å². The Labute approximate surface area is 329 Å². The van der Waals surface area contributed by atoms with E-state index in [1.165, 1.54) is 4.90 Å². The standard InChI is InChI=1S/C43H69NO11/c1-10-13-32(19-26(2)18-27(3)20-38(52-8)41-39(53-9)22-29(5)42(49)55-41)36(48)24-35(47)30(6)40(54-43(50)33-14-11-12-17-44(33)25-45)28(4)21-31-15-16-34(46)37(23-31)51-7/h10,19,21,25,27,29-35,37-41,46-47H,1,11-18,20,22-24H2,2-9H3/b26-19+,28-21+/t27-,29-,30-,31+,32-,33+,34-,35+,37-,38+,39+,40-,41-/m1/s1. The number of hydrogen-bond acceptors (Lipinski definition) is 11. The van der Waals surface area contributed by atoms with Crippen LogP contribution in [0.25, 0.3) is 0 Å². The molecule has 3 aliphatic rings. The smallest absolute Gasteiger partial charge is 0.329 e. The van der Waals surface area contributed by atoms with Gasteiger partial charge in [-0.1, -0.05) is 44.6 Å². The molecule has 12 nitrogen and oxygen atoms in total. The van der Waals surface area contributed by atoms with Crippen molar-refractivity contribution in [2.45, 2.75) is 154 Å². The number of hydrogen-bond donors (Lipinski definition) is 2. The molecule has 3 fully saturated rings. The van der Waals surface area contributed by atoms with Crippen LogP contribution in [0.1, 0.15) is 105 Å². The first-order valence-electron chi connectivity index (χ1n) is 20.2. The molecule has 55 heavy (non-hydrogen) atoms. The van der Waals surface area contributed by atoms with Crippen LogP contribution in [0.3, 0.4) is 0 Å². The first-order valence-corrected chi connectivity index (χ1v) is 20.2. The minimum absolute atomic E-state index is 0.0658. The number of piperidine rings is 1. The first kappa shape index (κ1) is 46.5. The quantitative estimate of drug-likeness (QED) is 0.0859. The molecule has 1 aliphatic carbocycles. The second-order valence-electron chi connectivity index (χ2n) is 16.4. The molecular formula is C43H69NO11. The van der Waals surface area contributed by atoms with E-state index in [-0.39, 0.29) is 54.2 Å². The lowest BCUT2D eigenvalue weighted by Gasteiger charge is -2.38. The van der Waals surface area contributed by atoms with Crippen LogP contribution in [0.15, 0.2) is 36.0 Å². The Morgan fingerprint density at radius 1 is 1.04 bits per heavy atom. The van der Waals surface area contributed by atoms with Crippen LogP contribution in [-0.4, -0.2) is 116 Å². The fourth-order valence-electron chi connectivity index (χ4n) is 8.64. The lowest BCUT2D eigenvalue weighted by Crippen LogP contribution is -2.49. The van der Waals surface area contributed by atoms with Crippen LogP contribution in [0.2, 0.25) is 0 Å². The molecule has 0 aromatic rings. The number of ketones is 1. The summed E-state index contributed by atoms with van der Waals surface area (Å²) in [7, 11) is 4.81. The Balaban J connectivity index is 1.74. The molecule has 2 saturated heterocycles. The third-order valence-corrected chi connectivity index (χ3v) is 11.9. The van der Waals surface area contributed by atoms with Crippen LogP contribution >= 0.6 is 0 Å². The van der Waals surface area contributed by atoms with Gasteiger partial charge in [-0.05, 0) is 95.5 Å². The molecule has 0 spiro atoms. The van der Waals surface area contributed by atoms with Crippen molar-refractivity contribution in [2.75, 3.05) is 27.9 Å². The molecular weight excluding hydrogens is 706 g/mol. The van der Waals surface area contributed by atoms with Gasteiger partial charge in [0.25, 0.3) is 0 Å². The van der Waals surface area contributed by atoms with E-state index in [1.807, 2.05) is 32.9 Å². The molecule has 312 valence electrons. The van der Waals surface area contributed by atoms with Gasteiger partial charge in [0.05, 0.1) is 36.4 Å². The predicted octanol–water partition coefficient (Wildman–Crippen LogP) is 5.52. The Kier molecular flexibility index (Phi) is 19.2. The van der Waals surface area contributed by atoms with Crippen LogP contribution in [-0.2, 0) is 42.9 Å². The zero-order chi connectivity index (χ0) is 40.8. The summed E-state index contributed by atoms with van der Waals surface area (Å²) in [6, 6.07) is -0.704. The second-order valence-corrected chi connectivity index (χ2v) is 16.4. The van der Waals surface area contributed by atoms with Gasteiger partial charge in [0.15, 0.2) is 6.10 Å². The van der Waals surface area contributed by atoms with Gasteiger partial charge in [-0.25, -0.2) is 4.79 Å². The van der Waals surface area contributed by atoms with E-state index in [9.17, 15) is 29.4 Å². The third-order valence-electron chi connectivity index (χ3n) is 11.9. The Hall–Kier alpha value is -2.90. The number of nitrogens with zero attached hydrogens (tertiary/aromatic N) is 1. The molecule has 1 saturated carbocycles. The highest BCUT2D eigenvalue weighted by atomic mass is 16.6. The topological polar surface area (TPSA) is 158 Å². The summed E-state index contributed by atoms with van der Waals surface area (Å²) >= 11 is 0. The van der Waals surface area contributed by atoms with Crippen LogP contribution in [0, 0.1) is 29.6 Å². The average molecular weight is 776 g/mol. The molecule has 12 heteroatoms. The van der Waals surface area contributed by atoms with E-state index in [1.54, 1.807) is 34.3 Å². The van der Waals surface area contributed by atoms with Crippen LogP contribution < -0.4 is 0 Å². The summed E-state index contributed by atoms with van der Waals surface area (Å²) < 4.78 is 28.9. The molecule has 0 aromatic carbocycles. The molecule has 0 bridgehead atoms. The van der Waals surface area contributed by atoms with Crippen molar-refractivity contribution in [2.24, 2.45) is 29.6 Å². The molecule has 13 atom stereocenters. The Morgan fingerprint density at radius 3 is 2.38 bits per heavy atom. The van der Waals surface area contributed by atoms with Gasteiger partial charge in [-0.3, -0.25) is 14.4 Å². The number of ether oxygens (including phenoxy) is 5. The fourth-order valence-corrected chi connectivity index (χ4v) is 8.64. The van der Waals surface area contributed by atoms with E-state index < -0.39 is 48.3 Å². The van der Waals surface area contributed by atoms with Crippen molar-refractivity contribution in [1.82, 2.24) is 4.90 Å². The van der Waals surface area contributed by atoms with Crippen molar-refractivity contribution in [3.8, 4) is 0 Å². The Morgan fingerprint density at radius 2 is 1.75 bits per heavy atom. The van der Waals surface area contributed by atoms with E-state index in [0.717, 1.165) is 30.4 Å². The fraction of sp³-hybridized carbons (Fsp3) is 0.767. The van der Waals surface area contributed by atoms with Gasteiger partial charge in [0.1, 0.15) is 17.9 Å². The van der Waals surface area contributed by atoms with E-state index in [2.05, 4.69) is 13.5 Å². The molecule has 2 heterocycles. The number of aliphatic hydroxyl groups is 2. The maximum Gasteiger partial charge on any atom is 0.329 e. The number of esters is 2. The van der Waals surface area contributed by atoms with Gasteiger partial charge >= 0.3 is 11.9 Å². The van der Waals surface area contributed by atoms with Gasteiger partial charge in [-0.15, -0.1) is 6.58 Å². The maximum absolute atomic E-state index is 13.8. The minimum atomic E-state index is -1.13. The molecule has 1 amide bonds. The average Bonchev–Trinajstić information content (AvgIpc) is 3.16. The summed E-state index contributed by atoms with van der Waals surface area (Å²) in [6.45, 7) is 13.9. The number of likely N-dealkylation sites (tertiary alicyclic amines) is 1. The van der Waals surface area contributed by atoms with Crippen molar-refractivity contribution >= 4 is 24.1 Å². The van der Waals surface area contributed by atoms with Gasteiger partial charge < -0.3 is 38.8 Å². The molecule has 0 radical (unpaired) electrons. The number of carbonyl (C=O) groups is 4. The van der Waals surface area contributed by atoms with E-state index in [0.29, 0.717) is 57.9 Å². The molecule has 3 rings (SSSR count). The van der Waals surface area contributed by atoms with Crippen LogP contribution in [0.4, 0.5) is 0 Å². The van der Waals surface area contributed by atoms with E-state index >= 15 is 0 Å². The van der Waals surface area contributed by atoms with Crippen molar-refractivity contribution in [3.05, 3.63) is 36.0 Å². The monoisotopic (exact) mass is 775 g/mol. The van der Waals surface area contributed by atoms with Gasteiger partial charge in [0, 0.05) is 46.1 Å². The van der Waals surface area contributed by atoms with Crippen molar-refractivity contribution in [3.63, 3.8) is 0 Å². The number of cyclic esters (lactones) is 1. The highest BCUT2D eigenvalue weighted by molar-refractivity contribution is 5.83. The van der Waals surface area contributed by atoms with E-state index in [4.69, 9.17) is 23.7 Å². The highest BCUT2D eigenvalue weighted by Gasteiger charge is 2.41. The minimum Gasteiger partial charge on any atom is -0.457 e. The number of Topliss-reactive ketones (excluding diaryl/α,β-unsaturated/α-hetero) is 1. The number of aliphatic hydroxyl groups excluding tert-OH is 2. The van der Waals surface area contributed by atoms with Gasteiger partial charge in [-0.2, -0.15) is 0 Å².